The average molecular weight is 154 g/mol. The molecule has 0 heterocycles. The van der Waals surface area contributed by atoms with Crippen LogP contribution in [0.5, 0.6) is 0 Å². The zero-order valence-electron chi connectivity index (χ0n) is 5.30. The third-order valence-electron chi connectivity index (χ3n) is 0.884. The number of hydrogen-bond donors (Lipinski definition) is 0. The smallest absolute Gasteiger partial charge is 0.207 e. The summed E-state index contributed by atoms with van der Waals surface area (Å²) in [7, 11) is 0. The zero-order valence-corrected chi connectivity index (χ0v) is 5.30. The monoisotopic (exact) mass is 154 g/mol. The van der Waals surface area contributed by atoms with Gasteiger partial charge in [-0.15, -0.1) is 0 Å². The van der Waals surface area contributed by atoms with Gasteiger partial charge in [-0.1, -0.05) is 12.7 Å². The molecule has 0 aromatic heterocycles. The first-order chi connectivity index (χ1) is 4.39. The Kier molecular flexibility index (Phi) is 2.63. The van der Waals surface area contributed by atoms with Gasteiger partial charge in [-0.05, 0) is 6.92 Å². The molecule has 0 aromatic carbocycles. The topological polar surface area (TPSA) is 0 Å². The van der Waals surface area contributed by atoms with Gasteiger partial charge in [0.2, 0.25) is 0 Å². The largest absolute Gasteiger partial charge is 0.418 e. The van der Waals surface area contributed by atoms with Crippen LogP contribution in [-0.4, -0.2) is 6.18 Å². The highest BCUT2D eigenvalue weighted by atomic mass is 19.4. The third kappa shape index (κ3) is 2.21. The van der Waals surface area contributed by atoms with Gasteiger partial charge in [0.25, 0.3) is 0 Å². The molecule has 0 aliphatic heterocycles. The lowest BCUT2D eigenvalue weighted by Crippen LogP contribution is -2.10. The molecular formula is C6H6F4. The van der Waals surface area contributed by atoms with E-state index in [0.29, 0.717) is 0 Å². The van der Waals surface area contributed by atoms with Gasteiger partial charge in [0, 0.05) is 0 Å². The summed E-state index contributed by atoms with van der Waals surface area (Å²) in [5.74, 6) is -1.33. The standard InChI is InChI=1S/C6H6F4/c1-3-5(7)4(2)6(8,9)10/h3H,2H2,1H3. The lowest BCUT2D eigenvalue weighted by molar-refractivity contribution is -0.0906. The summed E-state index contributed by atoms with van der Waals surface area (Å²) in [4.78, 5) is 0. The van der Waals surface area contributed by atoms with Gasteiger partial charge in [-0.2, -0.15) is 13.2 Å². The van der Waals surface area contributed by atoms with Gasteiger partial charge in [-0.3, -0.25) is 0 Å². The van der Waals surface area contributed by atoms with Crippen molar-refractivity contribution in [3.05, 3.63) is 24.1 Å². The van der Waals surface area contributed by atoms with Crippen molar-refractivity contribution in [2.24, 2.45) is 0 Å². The van der Waals surface area contributed by atoms with Crippen LogP contribution >= 0.6 is 0 Å². The highest BCUT2D eigenvalue weighted by molar-refractivity contribution is 5.25. The molecule has 0 saturated carbocycles. The maximum absolute atomic E-state index is 12.1. The molecule has 0 bridgehead atoms. The van der Waals surface area contributed by atoms with E-state index in [1.165, 1.54) is 6.92 Å². The number of allylic oxidation sites excluding steroid dienone is 3. The molecular weight excluding hydrogens is 148 g/mol. The molecule has 0 radical (unpaired) electrons. The van der Waals surface area contributed by atoms with Crippen molar-refractivity contribution in [1.82, 2.24) is 0 Å². The van der Waals surface area contributed by atoms with E-state index >= 15 is 0 Å². The minimum absolute atomic E-state index is 0.718. The van der Waals surface area contributed by atoms with E-state index in [0.717, 1.165) is 6.08 Å². The molecule has 0 aromatic rings. The number of hydrogen-bond acceptors (Lipinski definition) is 0. The minimum Gasteiger partial charge on any atom is -0.207 e. The highest BCUT2D eigenvalue weighted by Gasteiger charge is 2.34. The lowest BCUT2D eigenvalue weighted by atomic mass is 10.2. The van der Waals surface area contributed by atoms with Crippen molar-refractivity contribution in [3.8, 4) is 0 Å². The first kappa shape index (κ1) is 9.20. The molecule has 10 heavy (non-hydrogen) atoms. The first-order valence-electron chi connectivity index (χ1n) is 2.48. The third-order valence-corrected chi connectivity index (χ3v) is 0.884. The molecule has 0 saturated heterocycles. The van der Waals surface area contributed by atoms with E-state index in [4.69, 9.17) is 0 Å². The highest BCUT2D eigenvalue weighted by Crippen LogP contribution is 2.29. The van der Waals surface area contributed by atoms with Gasteiger partial charge < -0.3 is 0 Å². The Hall–Kier alpha value is -0.800. The maximum atomic E-state index is 12.1. The Balaban J connectivity index is 4.39. The van der Waals surface area contributed by atoms with Crippen LogP contribution in [0.25, 0.3) is 0 Å². The van der Waals surface area contributed by atoms with E-state index < -0.39 is 17.6 Å². The van der Waals surface area contributed by atoms with Crippen LogP contribution in [0.4, 0.5) is 17.6 Å². The molecule has 0 fully saturated rings. The number of rotatable bonds is 1. The molecule has 0 spiro atoms. The summed E-state index contributed by atoms with van der Waals surface area (Å²) in [5.41, 5.74) is -1.44. The molecule has 0 unspecified atom stereocenters. The molecule has 0 amide bonds. The van der Waals surface area contributed by atoms with E-state index in [9.17, 15) is 17.6 Å². The summed E-state index contributed by atoms with van der Waals surface area (Å²) in [6, 6.07) is 0. The van der Waals surface area contributed by atoms with Crippen LogP contribution in [0, 0.1) is 0 Å². The molecule has 0 aliphatic rings. The molecule has 4 heteroatoms. The van der Waals surface area contributed by atoms with Gasteiger partial charge in [0.05, 0.1) is 5.57 Å². The van der Waals surface area contributed by atoms with Crippen molar-refractivity contribution in [2.45, 2.75) is 13.1 Å². The molecule has 0 N–H and O–H groups in total. The second-order valence-electron chi connectivity index (χ2n) is 1.61. The summed E-state index contributed by atoms with van der Waals surface area (Å²) >= 11 is 0. The Morgan fingerprint density at radius 3 is 1.90 bits per heavy atom. The summed E-state index contributed by atoms with van der Waals surface area (Å²) < 4.78 is 46.6. The first-order valence-corrected chi connectivity index (χ1v) is 2.48. The van der Waals surface area contributed by atoms with Crippen molar-refractivity contribution < 1.29 is 17.6 Å². The fourth-order valence-corrected chi connectivity index (χ4v) is 0.310. The number of halogens is 4. The number of alkyl halides is 3. The predicted octanol–water partition coefficient (Wildman–Crippen LogP) is 2.98. The van der Waals surface area contributed by atoms with Gasteiger partial charge in [0.15, 0.2) is 0 Å². The minimum atomic E-state index is -4.66. The van der Waals surface area contributed by atoms with Crippen LogP contribution in [0.3, 0.4) is 0 Å². The van der Waals surface area contributed by atoms with Crippen LogP contribution < -0.4 is 0 Å². The summed E-state index contributed by atoms with van der Waals surface area (Å²) in [6.45, 7) is 3.70. The van der Waals surface area contributed by atoms with Crippen LogP contribution in [0.2, 0.25) is 0 Å². The second kappa shape index (κ2) is 2.86. The normalized spacial score (nSPS) is 13.5. The Labute approximate surface area is 55.8 Å². The van der Waals surface area contributed by atoms with E-state index in [-0.39, 0.29) is 0 Å². The predicted molar refractivity (Wildman–Crippen MR) is 30.1 cm³/mol. The van der Waals surface area contributed by atoms with Gasteiger partial charge in [-0.25, -0.2) is 4.39 Å². The quantitative estimate of drug-likeness (QED) is 0.402. The lowest BCUT2D eigenvalue weighted by Gasteiger charge is -2.06. The maximum Gasteiger partial charge on any atom is 0.418 e. The molecule has 58 valence electrons. The Morgan fingerprint density at radius 1 is 1.40 bits per heavy atom. The molecule has 0 aliphatic carbocycles. The molecule has 0 rings (SSSR count). The fourth-order valence-electron chi connectivity index (χ4n) is 0.310. The Bertz CT molecular complexity index is 163. The second-order valence-corrected chi connectivity index (χ2v) is 1.61. The van der Waals surface area contributed by atoms with Crippen molar-refractivity contribution in [3.63, 3.8) is 0 Å². The summed E-state index contributed by atoms with van der Waals surface area (Å²) in [5, 5.41) is 0. The average Bonchev–Trinajstić information content (AvgIpc) is 1.83. The fraction of sp³-hybridized carbons (Fsp3) is 0.333. The van der Waals surface area contributed by atoms with E-state index in [1.54, 1.807) is 0 Å². The van der Waals surface area contributed by atoms with Gasteiger partial charge in [0.1, 0.15) is 5.83 Å². The SMILES string of the molecule is C=C(C(F)=CC)C(F)(F)F. The Morgan fingerprint density at radius 2 is 1.80 bits per heavy atom. The van der Waals surface area contributed by atoms with Crippen LogP contribution in [-0.2, 0) is 0 Å². The summed E-state index contributed by atoms with van der Waals surface area (Å²) in [6.07, 6.45) is -3.94. The van der Waals surface area contributed by atoms with E-state index in [1.807, 2.05) is 0 Å². The van der Waals surface area contributed by atoms with Crippen molar-refractivity contribution in [1.29, 1.82) is 0 Å². The van der Waals surface area contributed by atoms with E-state index in [2.05, 4.69) is 6.58 Å². The van der Waals surface area contributed by atoms with Gasteiger partial charge >= 0.3 is 6.18 Å². The van der Waals surface area contributed by atoms with Crippen molar-refractivity contribution >= 4 is 0 Å². The zero-order chi connectivity index (χ0) is 8.36. The van der Waals surface area contributed by atoms with Crippen LogP contribution in [0.1, 0.15) is 6.92 Å². The molecule has 0 atom stereocenters. The molecule has 0 nitrogen and oxygen atoms in total. The van der Waals surface area contributed by atoms with Crippen molar-refractivity contribution in [2.75, 3.05) is 0 Å². The van der Waals surface area contributed by atoms with Crippen LogP contribution in [0.15, 0.2) is 24.1 Å².